The normalized spacial score (nSPS) is 16.6. The number of urea groups is 1. The molecule has 1 aromatic carbocycles. The zero-order chi connectivity index (χ0) is 18.7. The lowest BCUT2D eigenvalue weighted by atomic mass is 9.98. The van der Waals surface area contributed by atoms with Gasteiger partial charge in [-0.15, -0.1) is 11.3 Å². The molecular formula is C20H25N3O2S. The number of nitrogens with one attached hydrogen (secondary N) is 2. The lowest BCUT2D eigenvalue weighted by Gasteiger charge is -2.25. The summed E-state index contributed by atoms with van der Waals surface area (Å²) >= 11 is 1.66. The Balaban J connectivity index is 1.80. The molecule has 0 unspecified atom stereocenters. The molecule has 0 radical (unpaired) electrons. The summed E-state index contributed by atoms with van der Waals surface area (Å²) in [6, 6.07) is 11.7. The summed E-state index contributed by atoms with van der Waals surface area (Å²) < 4.78 is 0. The molecule has 2 heterocycles. The number of nitrogens with zero attached hydrogens (tertiary/aromatic N) is 1. The molecule has 1 aromatic heterocycles. The van der Waals surface area contributed by atoms with Gasteiger partial charge in [-0.3, -0.25) is 15.0 Å². The number of amides is 3. The van der Waals surface area contributed by atoms with Crippen molar-refractivity contribution >= 4 is 23.3 Å². The number of benzene rings is 1. The van der Waals surface area contributed by atoms with Gasteiger partial charge in [0.1, 0.15) is 0 Å². The quantitative estimate of drug-likeness (QED) is 0.817. The van der Waals surface area contributed by atoms with Crippen LogP contribution in [0.5, 0.6) is 0 Å². The smallest absolute Gasteiger partial charge is 0.324 e. The fourth-order valence-electron chi connectivity index (χ4n) is 3.11. The third-order valence-electron chi connectivity index (χ3n) is 4.67. The molecule has 1 saturated heterocycles. The second-order valence-corrected chi connectivity index (χ2v) is 7.86. The molecule has 0 saturated carbocycles. The molecule has 1 aliphatic rings. The molecule has 1 aliphatic heterocycles. The van der Waals surface area contributed by atoms with Gasteiger partial charge in [0, 0.05) is 18.0 Å². The van der Waals surface area contributed by atoms with Crippen molar-refractivity contribution in [2.24, 2.45) is 0 Å². The van der Waals surface area contributed by atoms with Crippen molar-refractivity contribution in [1.82, 2.24) is 15.5 Å². The summed E-state index contributed by atoms with van der Waals surface area (Å²) in [5, 5.41) is 8.13. The van der Waals surface area contributed by atoms with E-state index in [9.17, 15) is 9.59 Å². The Morgan fingerprint density at radius 3 is 2.38 bits per heavy atom. The molecule has 3 rings (SSSR count). The van der Waals surface area contributed by atoms with E-state index in [4.69, 9.17) is 0 Å². The first-order chi connectivity index (χ1) is 12.5. The Kier molecular flexibility index (Phi) is 5.74. The molecule has 0 aliphatic carbocycles. The van der Waals surface area contributed by atoms with Crippen LogP contribution in [0.3, 0.4) is 0 Å². The van der Waals surface area contributed by atoms with Crippen LogP contribution in [0.2, 0.25) is 0 Å². The van der Waals surface area contributed by atoms with Gasteiger partial charge in [0.2, 0.25) is 5.91 Å². The Bertz CT molecular complexity index is 756. The van der Waals surface area contributed by atoms with Gasteiger partial charge in [0.25, 0.3) is 0 Å². The second-order valence-electron chi connectivity index (χ2n) is 6.88. The van der Waals surface area contributed by atoms with Gasteiger partial charge in [0.05, 0.1) is 12.1 Å². The maximum Gasteiger partial charge on any atom is 0.324 e. The maximum atomic E-state index is 12.6. The number of hydrogen-bond donors (Lipinski definition) is 2. The van der Waals surface area contributed by atoms with Crippen molar-refractivity contribution in [2.45, 2.75) is 38.8 Å². The minimum absolute atomic E-state index is 0.0826. The van der Waals surface area contributed by atoms with Crippen molar-refractivity contribution in [1.29, 1.82) is 0 Å². The minimum atomic E-state index is -0.462. The van der Waals surface area contributed by atoms with E-state index in [0.29, 0.717) is 19.0 Å². The van der Waals surface area contributed by atoms with Gasteiger partial charge < -0.3 is 5.32 Å². The zero-order valence-corrected chi connectivity index (χ0v) is 16.2. The van der Waals surface area contributed by atoms with E-state index in [1.54, 1.807) is 11.3 Å². The lowest BCUT2D eigenvalue weighted by Crippen LogP contribution is -2.47. The predicted octanol–water partition coefficient (Wildman–Crippen LogP) is 3.49. The van der Waals surface area contributed by atoms with Gasteiger partial charge in [-0.2, -0.15) is 0 Å². The first-order valence-corrected chi connectivity index (χ1v) is 9.84. The van der Waals surface area contributed by atoms with Crippen LogP contribution in [-0.2, 0) is 4.79 Å². The van der Waals surface area contributed by atoms with Crippen LogP contribution in [-0.4, -0.2) is 36.0 Å². The Labute approximate surface area is 158 Å². The van der Waals surface area contributed by atoms with Gasteiger partial charge in [-0.25, -0.2) is 4.79 Å². The Hall–Kier alpha value is -2.18. The Morgan fingerprint density at radius 2 is 1.85 bits per heavy atom. The molecule has 138 valence electrons. The van der Waals surface area contributed by atoms with Crippen molar-refractivity contribution in [2.75, 3.05) is 13.1 Å². The van der Waals surface area contributed by atoms with Crippen molar-refractivity contribution in [3.8, 4) is 0 Å². The van der Waals surface area contributed by atoms with E-state index in [-0.39, 0.29) is 18.0 Å². The molecule has 0 bridgehead atoms. The van der Waals surface area contributed by atoms with E-state index in [2.05, 4.69) is 54.8 Å². The zero-order valence-electron chi connectivity index (χ0n) is 15.4. The van der Waals surface area contributed by atoms with Gasteiger partial charge in [0.15, 0.2) is 0 Å². The first-order valence-electron chi connectivity index (χ1n) is 8.96. The average Bonchev–Trinajstić information content (AvgIpc) is 3.30. The number of thiophene rings is 1. The monoisotopic (exact) mass is 371 g/mol. The van der Waals surface area contributed by atoms with Gasteiger partial charge >= 0.3 is 6.03 Å². The molecule has 6 heteroatoms. The van der Waals surface area contributed by atoms with E-state index >= 15 is 0 Å². The van der Waals surface area contributed by atoms with Crippen molar-refractivity contribution < 1.29 is 9.59 Å². The van der Waals surface area contributed by atoms with Gasteiger partial charge in [-0.1, -0.05) is 44.2 Å². The molecule has 2 atom stereocenters. The molecule has 26 heavy (non-hydrogen) atoms. The third kappa shape index (κ3) is 3.97. The molecule has 2 aromatic rings. The highest BCUT2D eigenvalue weighted by molar-refractivity contribution is 7.10. The summed E-state index contributed by atoms with van der Waals surface area (Å²) in [4.78, 5) is 26.8. The molecular weight excluding hydrogens is 346 g/mol. The van der Waals surface area contributed by atoms with Crippen LogP contribution in [0.15, 0.2) is 41.8 Å². The fourth-order valence-corrected chi connectivity index (χ4v) is 3.92. The summed E-state index contributed by atoms with van der Waals surface area (Å²) in [6.07, 6.45) is 0. The van der Waals surface area contributed by atoms with Crippen molar-refractivity contribution in [3.63, 3.8) is 0 Å². The maximum absolute atomic E-state index is 12.6. The third-order valence-corrected chi connectivity index (χ3v) is 5.61. The lowest BCUT2D eigenvalue weighted by molar-refractivity contribution is -0.129. The summed E-state index contributed by atoms with van der Waals surface area (Å²) in [5.41, 5.74) is 2.40. The number of rotatable bonds is 6. The van der Waals surface area contributed by atoms with Crippen molar-refractivity contribution in [3.05, 3.63) is 57.8 Å². The first kappa shape index (κ1) is 18.6. The highest BCUT2D eigenvalue weighted by atomic mass is 32.1. The van der Waals surface area contributed by atoms with E-state index < -0.39 is 6.04 Å². The van der Waals surface area contributed by atoms with Crippen LogP contribution in [0.1, 0.15) is 48.7 Å². The molecule has 0 spiro atoms. The number of carbonyl (C=O) groups is 2. The standard InChI is InChI=1S/C20H25N3O2S/c1-13(2)15-6-8-16(9-7-15)18(17-5-4-12-26-17)22-14(3)19(24)23-11-10-21-20(23)25/h4-9,12-14,18,22H,10-11H2,1-3H3,(H,21,25)/t14-,18-/m1/s1. The summed E-state index contributed by atoms with van der Waals surface area (Å²) in [5.74, 6) is 0.284. The van der Waals surface area contributed by atoms with Crippen LogP contribution in [0.25, 0.3) is 0 Å². The Morgan fingerprint density at radius 1 is 1.15 bits per heavy atom. The fraction of sp³-hybridized carbons (Fsp3) is 0.400. The number of hydrogen-bond acceptors (Lipinski definition) is 4. The molecule has 3 amide bonds. The van der Waals surface area contributed by atoms with Crippen LogP contribution in [0, 0.1) is 0 Å². The summed E-state index contributed by atoms with van der Waals surface area (Å²) in [6.45, 7) is 7.10. The molecule has 2 N–H and O–H groups in total. The highest BCUT2D eigenvalue weighted by Crippen LogP contribution is 2.28. The average molecular weight is 372 g/mol. The van der Waals surface area contributed by atoms with Crippen LogP contribution in [0.4, 0.5) is 4.79 Å². The summed E-state index contributed by atoms with van der Waals surface area (Å²) in [7, 11) is 0. The van der Waals surface area contributed by atoms with Crippen LogP contribution < -0.4 is 10.6 Å². The highest BCUT2D eigenvalue weighted by Gasteiger charge is 2.31. The molecule has 1 fully saturated rings. The van der Waals surface area contributed by atoms with E-state index in [1.807, 2.05) is 18.4 Å². The topological polar surface area (TPSA) is 61.4 Å². The second kappa shape index (κ2) is 8.01. The molecule has 5 nitrogen and oxygen atoms in total. The van der Waals surface area contributed by atoms with Gasteiger partial charge in [-0.05, 0) is 35.4 Å². The minimum Gasteiger partial charge on any atom is -0.336 e. The van der Waals surface area contributed by atoms with E-state index in [1.165, 1.54) is 10.5 Å². The number of imide groups is 1. The van der Waals surface area contributed by atoms with Crippen LogP contribution >= 0.6 is 11.3 Å². The largest absolute Gasteiger partial charge is 0.336 e. The van der Waals surface area contributed by atoms with E-state index in [0.717, 1.165) is 10.4 Å². The predicted molar refractivity (Wildman–Crippen MR) is 104 cm³/mol. The number of carbonyl (C=O) groups excluding carboxylic acids is 2. The SMILES string of the molecule is CC(C)c1ccc([C@@H](N[C@H](C)C(=O)N2CCNC2=O)c2cccs2)cc1.